The SMILES string of the molecule is CCC(C)(C)C(=O)OC(CCC(F)(F)S(=O)(=O)O)(C(=O)OC)C(F)(F)F. The van der Waals surface area contributed by atoms with E-state index in [4.69, 9.17) is 4.55 Å². The maximum Gasteiger partial charge on any atom is 0.439 e. The van der Waals surface area contributed by atoms with E-state index in [9.17, 15) is 40.0 Å². The molecule has 0 saturated carbocycles. The lowest BCUT2D eigenvalue weighted by Gasteiger charge is -2.35. The molecule has 0 rings (SSSR count). The normalized spacial score (nSPS) is 15.9. The van der Waals surface area contributed by atoms with Crippen molar-refractivity contribution in [3.63, 3.8) is 0 Å². The zero-order valence-electron chi connectivity index (χ0n) is 14.3. The van der Waals surface area contributed by atoms with Crippen molar-refractivity contribution >= 4 is 22.1 Å². The lowest BCUT2D eigenvalue weighted by molar-refractivity contribution is -0.276. The lowest BCUT2D eigenvalue weighted by atomic mass is 9.89. The van der Waals surface area contributed by atoms with Crippen LogP contribution in [0.25, 0.3) is 0 Å². The minimum Gasteiger partial charge on any atom is -0.466 e. The Morgan fingerprint density at radius 2 is 1.46 bits per heavy atom. The predicted octanol–water partition coefficient (Wildman–Crippen LogP) is 2.70. The molecule has 0 aliphatic heterocycles. The first-order valence-electron chi connectivity index (χ1n) is 7.11. The third-order valence-electron chi connectivity index (χ3n) is 3.82. The van der Waals surface area contributed by atoms with Gasteiger partial charge in [0.1, 0.15) is 0 Å². The highest BCUT2D eigenvalue weighted by atomic mass is 32.2. The second-order valence-electron chi connectivity index (χ2n) is 6.06. The molecule has 1 N–H and O–H groups in total. The molecule has 0 heterocycles. The van der Waals surface area contributed by atoms with Gasteiger partial charge in [-0.3, -0.25) is 9.35 Å². The molecular formula is C13H19F5O7S. The number of methoxy groups -OCH3 is 1. The van der Waals surface area contributed by atoms with E-state index in [0.29, 0.717) is 7.11 Å². The summed E-state index contributed by atoms with van der Waals surface area (Å²) in [5, 5.41) is -5.01. The molecule has 0 spiro atoms. The van der Waals surface area contributed by atoms with Gasteiger partial charge in [-0.15, -0.1) is 0 Å². The third kappa shape index (κ3) is 5.02. The van der Waals surface area contributed by atoms with Crippen LogP contribution in [0.2, 0.25) is 0 Å². The van der Waals surface area contributed by atoms with Crippen molar-refractivity contribution in [1.29, 1.82) is 0 Å². The highest BCUT2D eigenvalue weighted by Crippen LogP contribution is 2.43. The van der Waals surface area contributed by atoms with Crippen LogP contribution in [0.5, 0.6) is 0 Å². The molecule has 0 radical (unpaired) electrons. The molecule has 0 bridgehead atoms. The smallest absolute Gasteiger partial charge is 0.439 e. The summed E-state index contributed by atoms with van der Waals surface area (Å²) in [7, 11) is -5.55. The largest absolute Gasteiger partial charge is 0.466 e. The summed E-state index contributed by atoms with van der Waals surface area (Å²) >= 11 is 0. The number of hydrogen-bond acceptors (Lipinski definition) is 6. The Hall–Kier alpha value is -1.50. The van der Waals surface area contributed by atoms with Crippen molar-refractivity contribution in [1.82, 2.24) is 0 Å². The first kappa shape index (κ1) is 24.5. The molecule has 0 fully saturated rings. The first-order valence-corrected chi connectivity index (χ1v) is 8.55. The van der Waals surface area contributed by atoms with Crippen molar-refractivity contribution in [3.05, 3.63) is 0 Å². The molecule has 0 aromatic rings. The lowest BCUT2D eigenvalue weighted by Crippen LogP contribution is -2.57. The molecule has 0 aromatic carbocycles. The van der Waals surface area contributed by atoms with Crippen LogP contribution in [0.3, 0.4) is 0 Å². The Morgan fingerprint density at radius 3 is 1.77 bits per heavy atom. The summed E-state index contributed by atoms with van der Waals surface area (Å²) in [6.45, 7) is 3.82. The van der Waals surface area contributed by atoms with Crippen LogP contribution in [0.1, 0.15) is 40.0 Å². The van der Waals surface area contributed by atoms with Crippen LogP contribution in [-0.4, -0.2) is 49.1 Å². The molecule has 0 aliphatic carbocycles. The van der Waals surface area contributed by atoms with Gasteiger partial charge in [-0.1, -0.05) is 6.92 Å². The monoisotopic (exact) mass is 414 g/mol. The van der Waals surface area contributed by atoms with E-state index in [1.165, 1.54) is 20.8 Å². The predicted molar refractivity (Wildman–Crippen MR) is 76.7 cm³/mol. The van der Waals surface area contributed by atoms with Gasteiger partial charge in [0, 0.05) is 12.8 Å². The van der Waals surface area contributed by atoms with Gasteiger partial charge < -0.3 is 9.47 Å². The molecule has 0 saturated heterocycles. The number of rotatable bonds is 8. The molecule has 0 amide bonds. The van der Waals surface area contributed by atoms with Crippen LogP contribution in [0.4, 0.5) is 22.0 Å². The number of halogens is 5. The van der Waals surface area contributed by atoms with Gasteiger partial charge in [0.25, 0.3) is 0 Å². The van der Waals surface area contributed by atoms with Crippen molar-refractivity contribution in [2.75, 3.05) is 7.11 Å². The maximum atomic E-state index is 13.5. The Balaban J connectivity index is 6.11. The van der Waals surface area contributed by atoms with E-state index in [2.05, 4.69) is 9.47 Å². The second kappa shape index (κ2) is 7.62. The van der Waals surface area contributed by atoms with Crippen molar-refractivity contribution in [3.8, 4) is 0 Å². The van der Waals surface area contributed by atoms with Crippen LogP contribution in [0, 0.1) is 5.41 Å². The summed E-state index contributed by atoms with van der Waals surface area (Å²) in [4.78, 5) is 23.7. The second-order valence-corrected chi connectivity index (χ2v) is 7.60. The summed E-state index contributed by atoms with van der Waals surface area (Å²) in [5.74, 6) is -3.74. The Morgan fingerprint density at radius 1 is 1.00 bits per heavy atom. The molecule has 1 unspecified atom stereocenters. The Bertz CT molecular complexity index is 642. The molecule has 154 valence electrons. The highest BCUT2D eigenvalue weighted by molar-refractivity contribution is 7.86. The zero-order chi connectivity index (χ0) is 21.2. The summed E-state index contributed by atoms with van der Waals surface area (Å²) in [5.41, 5.74) is -5.67. The van der Waals surface area contributed by atoms with Gasteiger partial charge in [0.05, 0.1) is 12.5 Å². The standard InChI is InChI=1S/C13H19F5O7S/c1-5-10(2,3)8(19)25-11(9(20)24-4,13(16,17)18)6-7-12(14,15)26(21,22)23/h5-7H2,1-4H3,(H,21,22,23). The maximum absolute atomic E-state index is 13.5. The van der Waals surface area contributed by atoms with Gasteiger partial charge >= 0.3 is 39.1 Å². The number of carbonyl (C=O) groups excluding carboxylic acids is 2. The fourth-order valence-corrected chi connectivity index (χ4v) is 1.93. The average Bonchev–Trinajstić information content (AvgIpc) is 2.47. The summed E-state index contributed by atoms with van der Waals surface area (Å²) in [6.07, 6.45) is -9.85. The summed E-state index contributed by atoms with van der Waals surface area (Å²) in [6, 6.07) is 0. The van der Waals surface area contributed by atoms with Gasteiger partial charge in [0.2, 0.25) is 0 Å². The average molecular weight is 414 g/mol. The molecule has 26 heavy (non-hydrogen) atoms. The molecule has 0 aromatic heterocycles. The van der Waals surface area contributed by atoms with Crippen LogP contribution in [0.15, 0.2) is 0 Å². The first-order chi connectivity index (χ1) is 11.4. The number of ether oxygens (including phenoxy) is 2. The molecule has 7 nitrogen and oxygen atoms in total. The third-order valence-corrected chi connectivity index (χ3v) is 4.78. The van der Waals surface area contributed by atoms with Crippen LogP contribution in [-0.2, 0) is 29.2 Å². The van der Waals surface area contributed by atoms with Crippen molar-refractivity contribution in [2.24, 2.45) is 5.41 Å². The molecular weight excluding hydrogens is 395 g/mol. The topological polar surface area (TPSA) is 107 Å². The zero-order valence-corrected chi connectivity index (χ0v) is 15.1. The fraction of sp³-hybridized carbons (Fsp3) is 0.846. The fourth-order valence-electron chi connectivity index (χ4n) is 1.57. The highest BCUT2D eigenvalue weighted by Gasteiger charge is 2.66. The van der Waals surface area contributed by atoms with E-state index in [1.807, 2.05) is 0 Å². The summed E-state index contributed by atoms with van der Waals surface area (Å²) < 4.78 is 105. The molecule has 1 atom stereocenters. The van der Waals surface area contributed by atoms with E-state index >= 15 is 0 Å². The number of carbonyl (C=O) groups is 2. The molecule has 13 heteroatoms. The minimum absolute atomic E-state index is 0.0118. The quantitative estimate of drug-likeness (QED) is 0.370. The minimum atomic E-state index is -6.06. The van der Waals surface area contributed by atoms with Gasteiger partial charge in [-0.2, -0.15) is 30.4 Å². The number of hydrogen-bond donors (Lipinski definition) is 1. The molecule has 0 aliphatic rings. The van der Waals surface area contributed by atoms with E-state index in [1.54, 1.807) is 0 Å². The van der Waals surface area contributed by atoms with E-state index < -0.39 is 57.3 Å². The van der Waals surface area contributed by atoms with Gasteiger partial charge in [-0.25, -0.2) is 4.79 Å². The number of alkyl halides is 5. The Kier molecular flexibility index (Phi) is 7.19. The van der Waals surface area contributed by atoms with Crippen LogP contribution >= 0.6 is 0 Å². The van der Waals surface area contributed by atoms with E-state index in [0.717, 1.165) is 0 Å². The van der Waals surface area contributed by atoms with Crippen LogP contribution < -0.4 is 0 Å². The van der Waals surface area contributed by atoms with Crippen molar-refractivity contribution < 1.29 is 54.0 Å². The van der Waals surface area contributed by atoms with Gasteiger partial charge in [0.15, 0.2) is 0 Å². The van der Waals surface area contributed by atoms with E-state index in [-0.39, 0.29) is 6.42 Å². The number of esters is 2. The Labute approximate surface area is 146 Å². The van der Waals surface area contributed by atoms with Crippen molar-refractivity contribution in [2.45, 2.75) is 57.1 Å². The van der Waals surface area contributed by atoms with Gasteiger partial charge in [-0.05, 0) is 20.3 Å².